The maximum atomic E-state index is 13.2. The van der Waals surface area contributed by atoms with Crippen LogP contribution in [0.1, 0.15) is 42.1 Å². The van der Waals surface area contributed by atoms with Gasteiger partial charge < -0.3 is 18.9 Å². The Kier molecular flexibility index (Phi) is 5.46. The summed E-state index contributed by atoms with van der Waals surface area (Å²) < 4.78 is 16.3. The van der Waals surface area contributed by atoms with E-state index in [2.05, 4.69) is 10.1 Å². The van der Waals surface area contributed by atoms with Crippen molar-refractivity contribution >= 4 is 5.91 Å². The van der Waals surface area contributed by atoms with Crippen LogP contribution in [0, 0.1) is 0 Å². The zero-order valence-corrected chi connectivity index (χ0v) is 16.5. The number of para-hydroxylation sites is 1. The fraction of sp³-hybridized carbons (Fsp3) is 0.318. The zero-order valence-electron chi connectivity index (χ0n) is 16.5. The van der Waals surface area contributed by atoms with E-state index in [4.69, 9.17) is 14.0 Å². The molecule has 1 fully saturated rings. The lowest BCUT2D eigenvalue weighted by Crippen LogP contribution is -2.31. The number of nitrogens with zero attached hydrogens (tertiary/aromatic N) is 3. The van der Waals surface area contributed by atoms with E-state index < -0.39 is 0 Å². The molecule has 7 nitrogen and oxygen atoms in total. The minimum Gasteiger partial charge on any atom is -0.497 e. The number of hydrogen-bond acceptors (Lipinski definition) is 6. The van der Waals surface area contributed by atoms with Crippen molar-refractivity contribution in [3.8, 4) is 22.9 Å². The number of carbonyl (C=O) groups is 1. The molecule has 1 aromatic heterocycles. The second-order valence-corrected chi connectivity index (χ2v) is 6.77. The highest BCUT2D eigenvalue weighted by atomic mass is 16.5. The summed E-state index contributed by atoms with van der Waals surface area (Å²) in [6.45, 7) is 3.05. The summed E-state index contributed by atoms with van der Waals surface area (Å²) in [5, 5.41) is 4.11. The highest BCUT2D eigenvalue weighted by Gasteiger charge is 2.35. The van der Waals surface area contributed by atoms with Crippen molar-refractivity contribution < 1.29 is 18.8 Å². The monoisotopic (exact) mass is 393 g/mol. The maximum absolute atomic E-state index is 13.2. The molecule has 0 aliphatic carbocycles. The van der Waals surface area contributed by atoms with E-state index in [9.17, 15) is 4.79 Å². The lowest BCUT2D eigenvalue weighted by molar-refractivity contribution is 0.0706. The first-order valence-electron chi connectivity index (χ1n) is 9.72. The number of ether oxygens (including phenoxy) is 2. The highest BCUT2D eigenvalue weighted by Crippen LogP contribution is 2.34. The minimum atomic E-state index is -0.239. The van der Waals surface area contributed by atoms with E-state index >= 15 is 0 Å². The van der Waals surface area contributed by atoms with Crippen molar-refractivity contribution in [1.82, 2.24) is 15.0 Å². The molecule has 0 radical (unpaired) electrons. The number of carbonyl (C=O) groups excluding carboxylic acids is 1. The minimum absolute atomic E-state index is 0.0826. The molecule has 0 saturated carbocycles. The van der Waals surface area contributed by atoms with E-state index in [1.54, 1.807) is 18.1 Å². The summed E-state index contributed by atoms with van der Waals surface area (Å²) in [4.78, 5) is 19.6. The standard InChI is InChI=1S/C22H23N3O4/c1-3-28-19-9-5-4-7-17(19)22(26)25-14-6-8-18(25)21-23-20(24-29-21)15-10-12-16(27-2)13-11-15/h4-5,7,9-13,18H,3,6,8,14H2,1-2H3/t18-/m0/s1. The van der Waals surface area contributed by atoms with Crippen molar-refractivity contribution in [2.24, 2.45) is 0 Å². The molecule has 1 atom stereocenters. The van der Waals surface area contributed by atoms with Gasteiger partial charge in [0, 0.05) is 12.1 Å². The van der Waals surface area contributed by atoms with E-state index in [1.807, 2.05) is 49.4 Å². The lowest BCUT2D eigenvalue weighted by atomic mass is 10.1. The van der Waals surface area contributed by atoms with E-state index in [1.165, 1.54) is 0 Å². The SMILES string of the molecule is CCOc1ccccc1C(=O)N1CCC[C@H]1c1nc(-c2ccc(OC)cc2)no1. The van der Waals surface area contributed by atoms with Gasteiger partial charge in [-0.3, -0.25) is 4.79 Å². The first-order valence-corrected chi connectivity index (χ1v) is 9.72. The van der Waals surface area contributed by atoms with Gasteiger partial charge in [-0.1, -0.05) is 17.3 Å². The molecule has 1 saturated heterocycles. The van der Waals surface area contributed by atoms with Gasteiger partial charge in [0.2, 0.25) is 11.7 Å². The van der Waals surface area contributed by atoms with Crippen molar-refractivity contribution in [2.45, 2.75) is 25.8 Å². The number of rotatable bonds is 6. The largest absolute Gasteiger partial charge is 0.497 e. The average molecular weight is 393 g/mol. The molecule has 0 spiro atoms. The van der Waals surface area contributed by atoms with Gasteiger partial charge in [-0.05, 0) is 56.2 Å². The van der Waals surface area contributed by atoms with Crippen LogP contribution in [-0.4, -0.2) is 41.2 Å². The van der Waals surface area contributed by atoms with Crippen LogP contribution >= 0.6 is 0 Å². The quantitative estimate of drug-likeness (QED) is 0.627. The summed E-state index contributed by atoms with van der Waals surface area (Å²) in [5.74, 6) is 2.22. The van der Waals surface area contributed by atoms with Crippen LogP contribution in [0.4, 0.5) is 0 Å². The van der Waals surface area contributed by atoms with Crippen LogP contribution in [0.5, 0.6) is 11.5 Å². The Labute approximate surface area is 169 Å². The molecule has 3 aromatic rings. The second-order valence-electron chi connectivity index (χ2n) is 6.77. The number of aromatic nitrogens is 2. The number of benzene rings is 2. The zero-order chi connectivity index (χ0) is 20.2. The van der Waals surface area contributed by atoms with Crippen molar-refractivity contribution in [3.05, 3.63) is 60.0 Å². The van der Waals surface area contributed by atoms with Gasteiger partial charge in [0.1, 0.15) is 17.5 Å². The van der Waals surface area contributed by atoms with E-state index in [0.717, 1.165) is 24.2 Å². The molecule has 2 aromatic carbocycles. The number of likely N-dealkylation sites (tertiary alicyclic amines) is 1. The Balaban J connectivity index is 1.57. The molecule has 0 bridgehead atoms. The molecule has 4 rings (SSSR count). The van der Waals surface area contributed by atoms with Gasteiger partial charge in [0.25, 0.3) is 5.91 Å². The third-order valence-corrected chi connectivity index (χ3v) is 5.01. The topological polar surface area (TPSA) is 77.7 Å². The van der Waals surface area contributed by atoms with E-state index in [0.29, 0.717) is 36.2 Å². The highest BCUT2D eigenvalue weighted by molar-refractivity contribution is 5.97. The Morgan fingerprint density at radius 1 is 1.21 bits per heavy atom. The molecule has 1 aliphatic heterocycles. The molecule has 150 valence electrons. The van der Waals surface area contributed by atoms with Gasteiger partial charge in [-0.25, -0.2) is 0 Å². The molecule has 1 amide bonds. The number of methoxy groups -OCH3 is 1. The Morgan fingerprint density at radius 3 is 2.76 bits per heavy atom. The molecular weight excluding hydrogens is 370 g/mol. The summed E-state index contributed by atoms with van der Waals surface area (Å²) in [7, 11) is 1.62. The molecule has 1 aliphatic rings. The smallest absolute Gasteiger partial charge is 0.258 e. The molecule has 0 unspecified atom stereocenters. The van der Waals surface area contributed by atoms with Crippen LogP contribution in [0.3, 0.4) is 0 Å². The van der Waals surface area contributed by atoms with Crippen LogP contribution in [-0.2, 0) is 0 Å². The fourth-order valence-electron chi connectivity index (χ4n) is 3.57. The summed E-state index contributed by atoms with van der Waals surface area (Å²) in [6, 6.07) is 14.5. The van der Waals surface area contributed by atoms with Crippen LogP contribution in [0.25, 0.3) is 11.4 Å². The van der Waals surface area contributed by atoms with Gasteiger partial charge in [0.15, 0.2) is 0 Å². The fourth-order valence-corrected chi connectivity index (χ4v) is 3.57. The van der Waals surface area contributed by atoms with Gasteiger partial charge in [0.05, 0.1) is 19.3 Å². The predicted molar refractivity (Wildman–Crippen MR) is 107 cm³/mol. The summed E-state index contributed by atoms with van der Waals surface area (Å²) in [5.41, 5.74) is 1.38. The Hall–Kier alpha value is -3.35. The van der Waals surface area contributed by atoms with Crippen molar-refractivity contribution in [3.63, 3.8) is 0 Å². The summed E-state index contributed by atoms with van der Waals surface area (Å²) in [6.07, 6.45) is 1.67. The van der Waals surface area contributed by atoms with Crippen LogP contribution < -0.4 is 9.47 Å². The molecule has 7 heteroatoms. The molecule has 29 heavy (non-hydrogen) atoms. The number of hydrogen-bond donors (Lipinski definition) is 0. The third-order valence-electron chi connectivity index (χ3n) is 5.01. The second kappa shape index (κ2) is 8.34. The first-order chi connectivity index (χ1) is 14.2. The Morgan fingerprint density at radius 2 is 2.00 bits per heavy atom. The van der Waals surface area contributed by atoms with Crippen LogP contribution in [0.2, 0.25) is 0 Å². The summed E-state index contributed by atoms with van der Waals surface area (Å²) >= 11 is 0. The normalized spacial score (nSPS) is 16.1. The van der Waals surface area contributed by atoms with Gasteiger partial charge >= 0.3 is 0 Å². The molecule has 0 N–H and O–H groups in total. The maximum Gasteiger partial charge on any atom is 0.258 e. The third kappa shape index (κ3) is 3.81. The lowest BCUT2D eigenvalue weighted by Gasteiger charge is -2.23. The van der Waals surface area contributed by atoms with Crippen molar-refractivity contribution in [2.75, 3.05) is 20.3 Å². The first kappa shape index (κ1) is 19.0. The van der Waals surface area contributed by atoms with Crippen molar-refractivity contribution in [1.29, 1.82) is 0 Å². The predicted octanol–water partition coefficient (Wildman–Crippen LogP) is 4.12. The van der Waals surface area contributed by atoms with Gasteiger partial charge in [-0.15, -0.1) is 0 Å². The van der Waals surface area contributed by atoms with Crippen LogP contribution in [0.15, 0.2) is 53.1 Å². The Bertz CT molecular complexity index is 984. The van der Waals surface area contributed by atoms with E-state index in [-0.39, 0.29) is 11.9 Å². The molecular formula is C22H23N3O4. The van der Waals surface area contributed by atoms with Gasteiger partial charge in [-0.2, -0.15) is 4.98 Å². The number of amides is 1. The molecule has 2 heterocycles. The average Bonchev–Trinajstić information content (AvgIpc) is 3.43.